The SMILES string of the molecule is Nc1ccc2c(c1)N(S(=O)(=O)c1ccc(Cl)s1)CCC2. The molecule has 1 aliphatic rings. The Balaban J connectivity index is 2.10. The van der Waals surface area contributed by atoms with E-state index in [0.29, 0.717) is 22.3 Å². The Kier molecular flexibility index (Phi) is 3.40. The summed E-state index contributed by atoms with van der Waals surface area (Å²) in [5.74, 6) is 0. The molecule has 0 bridgehead atoms. The van der Waals surface area contributed by atoms with Gasteiger partial charge in [-0.3, -0.25) is 4.31 Å². The van der Waals surface area contributed by atoms with Gasteiger partial charge in [-0.05, 0) is 42.7 Å². The largest absolute Gasteiger partial charge is 0.399 e. The van der Waals surface area contributed by atoms with Crippen LogP contribution < -0.4 is 10.0 Å². The van der Waals surface area contributed by atoms with Gasteiger partial charge in [0.25, 0.3) is 10.0 Å². The van der Waals surface area contributed by atoms with E-state index in [-0.39, 0.29) is 4.21 Å². The molecule has 0 unspecified atom stereocenters. The van der Waals surface area contributed by atoms with Crippen molar-refractivity contribution in [2.24, 2.45) is 0 Å². The highest BCUT2D eigenvalue weighted by molar-refractivity contribution is 7.94. The van der Waals surface area contributed by atoms with Gasteiger partial charge in [0.2, 0.25) is 0 Å². The number of aryl methyl sites for hydroxylation is 1. The Labute approximate surface area is 126 Å². The quantitative estimate of drug-likeness (QED) is 0.861. The second-order valence-electron chi connectivity index (χ2n) is 4.63. The van der Waals surface area contributed by atoms with E-state index >= 15 is 0 Å². The molecule has 0 aliphatic carbocycles. The van der Waals surface area contributed by atoms with E-state index in [1.54, 1.807) is 24.3 Å². The smallest absolute Gasteiger partial charge is 0.273 e. The zero-order valence-corrected chi connectivity index (χ0v) is 12.9. The second-order valence-corrected chi connectivity index (χ2v) is 8.43. The van der Waals surface area contributed by atoms with E-state index in [4.69, 9.17) is 17.3 Å². The number of rotatable bonds is 2. The van der Waals surface area contributed by atoms with E-state index in [2.05, 4.69) is 0 Å². The average Bonchev–Trinajstić information content (AvgIpc) is 2.85. The summed E-state index contributed by atoms with van der Waals surface area (Å²) in [6.45, 7) is 0.467. The fraction of sp³-hybridized carbons (Fsp3) is 0.231. The van der Waals surface area contributed by atoms with Crippen LogP contribution in [0.4, 0.5) is 11.4 Å². The Morgan fingerprint density at radius 2 is 2.05 bits per heavy atom. The highest BCUT2D eigenvalue weighted by atomic mass is 35.5. The summed E-state index contributed by atoms with van der Waals surface area (Å²) in [5, 5.41) is 0. The number of nitrogens with zero attached hydrogens (tertiary/aromatic N) is 1. The predicted molar refractivity (Wildman–Crippen MR) is 83.0 cm³/mol. The molecule has 2 heterocycles. The fourth-order valence-corrected chi connectivity index (χ4v) is 5.48. The van der Waals surface area contributed by atoms with E-state index < -0.39 is 10.0 Å². The van der Waals surface area contributed by atoms with Gasteiger partial charge in [-0.15, -0.1) is 11.3 Å². The molecular weight excluding hydrogens is 316 g/mol. The minimum Gasteiger partial charge on any atom is -0.399 e. The number of halogens is 1. The number of hydrogen-bond donors (Lipinski definition) is 1. The molecule has 20 heavy (non-hydrogen) atoms. The minimum atomic E-state index is -3.56. The number of thiophene rings is 1. The van der Waals surface area contributed by atoms with Gasteiger partial charge in [-0.2, -0.15) is 0 Å². The molecule has 7 heteroatoms. The Morgan fingerprint density at radius 1 is 1.25 bits per heavy atom. The molecule has 4 nitrogen and oxygen atoms in total. The van der Waals surface area contributed by atoms with Crippen molar-refractivity contribution in [1.29, 1.82) is 0 Å². The molecule has 0 atom stereocenters. The maximum Gasteiger partial charge on any atom is 0.273 e. The first-order valence-corrected chi connectivity index (χ1v) is 8.78. The highest BCUT2D eigenvalue weighted by Gasteiger charge is 2.30. The summed E-state index contributed by atoms with van der Waals surface area (Å²) in [5.41, 5.74) is 8.05. The van der Waals surface area contributed by atoms with Crippen molar-refractivity contribution in [2.75, 3.05) is 16.6 Å². The fourth-order valence-electron chi connectivity index (χ4n) is 2.35. The number of sulfonamides is 1. The van der Waals surface area contributed by atoms with Crippen molar-refractivity contribution in [3.63, 3.8) is 0 Å². The monoisotopic (exact) mass is 328 g/mol. The molecule has 0 fully saturated rings. The van der Waals surface area contributed by atoms with Crippen LogP contribution in [0.15, 0.2) is 34.5 Å². The summed E-state index contributed by atoms with van der Waals surface area (Å²) in [6.07, 6.45) is 1.67. The maximum absolute atomic E-state index is 12.7. The van der Waals surface area contributed by atoms with Gasteiger partial charge < -0.3 is 5.73 Å². The minimum absolute atomic E-state index is 0.262. The van der Waals surface area contributed by atoms with E-state index in [1.807, 2.05) is 6.07 Å². The van der Waals surface area contributed by atoms with Crippen LogP contribution in [0.5, 0.6) is 0 Å². The van der Waals surface area contributed by atoms with Gasteiger partial charge >= 0.3 is 0 Å². The topological polar surface area (TPSA) is 63.4 Å². The van der Waals surface area contributed by atoms with Crippen LogP contribution in [-0.4, -0.2) is 15.0 Å². The lowest BCUT2D eigenvalue weighted by molar-refractivity contribution is 0.588. The lowest BCUT2D eigenvalue weighted by Gasteiger charge is -2.30. The van der Waals surface area contributed by atoms with Crippen molar-refractivity contribution in [1.82, 2.24) is 0 Å². The number of fused-ring (bicyclic) bond motifs is 1. The third kappa shape index (κ3) is 2.28. The van der Waals surface area contributed by atoms with Crippen molar-refractivity contribution < 1.29 is 8.42 Å². The van der Waals surface area contributed by atoms with Gasteiger partial charge in [0, 0.05) is 12.2 Å². The van der Waals surface area contributed by atoms with Gasteiger partial charge in [0.15, 0.2) is 0 Å². The zero-order chi connectivity index (χ0) is 14.3. The molecule has 2 aromatic rings. The zero-order valence-electron chi connectivity index (χ0n) is 10.5. The third-order valence-electron chi connectivity index (χ3n) is 3.28. The Morgan fingerprint density at radius 3 is 2.75 bits per heavy atom. The van der Waals surface area contributed by atoms with Crippen LogP contribution in [0, 0.1) is 0 Å². The molecule has 0 amide bonds. The van der Waals surface area contributed by atoms with Gasteiger partial charge in [-0.25, -0.2) is 8.42 Å². The molecule has 0 radical (unpaired) electrons. The lowest BCUT2D eigenvalue weighted by Crippen LogP contribution is -2.35. The van der Waals surface area contributed by atoms with Crippen LogP contribution in [0.3, 0.4) is 0 Å². The van der Waals surface area contributed by atoms with Gasteiger partial charge in [-0.1, -0.05) is 17.7 Å². The summed E-state index contributed by atoms with van der Waals surface area (Å²) < 4.78 is 27.6. The molecule has 3 rings (SSSR count). The van der Waals surface area contributed by atoms with Crippen LogP contribution in [0.25, 0.3) is 0 Å². The molecule has 2 N–H and O–H groups in total. The molecule has 0 saturated carbocycles. The van der Waals surface area contributed by atoms with E-state index in [9.17, 15) is 8.42 Å². The summed E-state index contributed by atoms with van der Waals surface area (Å²) in [7, 11) is -3.56. The Hall–Kier alpha value is -1.24. The highest BCUT2D eigenvalue weighted by Crippen LogP contribution is 2.36. The van der Waals surface area contributed by atoms with Gasteiger partial charge in [0.1, 0.15) is 4.21 Å². The number of nitrogens with two attached hydrogens (primary N) is 1. The second kappa shape index (κ2) is 4.95. The molecule has 1 aromatic carbocycles. The number of anilines is 2. The first kappa shape index (κ1) is 13.7. The van der Waals surface area contributed by atoms with Crippen molar-refractivity contribution in [2.45, 2.75) is 17.1 Å². The Bertz CT molecular complexity index is 755. The molecule has 1 aliphatic heterocycles. The molecule has 0 saturated heterocycles. The normalized spacial score (nSPS) is 15.2. The summed E-state index contributed by atoms with van der Waals surface area (Å²) >= 11 is 6.92. The van der Waals surface area contributed by atoms with E-state index in [0.717, 1.165) is 29.7 Å². The van der Waals surface area contributed by atoms with Crippen LogP contribution in [-0.2, 0) is 16.4 Å². The first-order valence-electron chi connectivity index (χ1n) is 6.15. The van der Waals surface area contributed by atoms with Crippen LogP contribution in [0.2, 0.25) is 4.34 Å². The molecule has 1 aromatic heterocycles. The maximum atomic E-state index is 12.7. The molecular formula is C13H13ClN2O2S2. The number of benzene rings is 1. The van der Waals surface area contributed by atoms with Crippen molar-refractivity contribution in [3.05, 3.63) is 40.2 Å². The molecule has 0 spiro atoms. The predicted octanol–water partition coefficient (Wildman–Crippen LogP) is 3.13. The van der Waals surface area contributed by atoms with Crippen molar-refractivity contribution >= 4 is 44.3 Å². The van der Waals surface area contributed by atoms with E-state index in [1.165, 1.54) is 4.31 Å². The average molecular weight is 329 g/mol. The summed E-state index contributed by atoms with van der Waals surface area (Å²) in [6, 6.07) is 8.57. The third-order valence-corrected chi connectivity index (χ3v) is 6.79. The van der Waals surface area contributed by atoms with Crippen molar-refractivity contribution in [3.8, 4) is 0 Å². The van der Waals surface area contributed by atoms with Crippen LogP contribution >= 0.6 is 22.9 Å². The standard InChI is InChI=1S/C13H13ClN2O2S2/c14-12-5-6-13(19-12)20(17,18)16-7-1-2-9-3-4-10(15)8-11(9)16/h3-6,8H,1-2,7,15H2. The number of hydrogen-bond acceptors (Lipinski definition) is 4. The van der Waals surface area contributed by atoms with Crippen LogP contribution in [0.1, 0.15) is 12.0 Å². The summed E-state index contributed by atoms with van der Waals surface area (Å²) in [4.78, 5) is 0. The number of nitrogen functional groups attached to an aromatic ring is 1. The molecule has 106 valence electrons. The first-order chi connectivity index (χ1) is 9.48. The lowest BCUT2D eigenvalue weighted by atomic mass is 10.0. The van der Waals surface area contributed by atoms with Gasteiger partial charge in [0.05, 0.1) is 10.0 Å².